The molecule has 8 nitrogen and oxygen atoms in total. The smallest absolute Gasteiger partial charge is 0.153 e. The van der Waals surface area contributed by atoms with E-state index < -0.39 is 0 Å². The molecule has 2 fully saturated rings. The molecule has 2 bridgehead atoms. The molecule has 4 aromatic heterocycles. The number of nitrogens with zero attached hydrogens (tertiary/aromatic N) is 5. The summed E-state index contributed by atoms with van der Waals surface area (Å²) < 4.78 is 0. The van der Waals surface area contributed by atoms with Crippen LogP contribution in [0.1, 0.15) is 48.9 Å². The summed E-state index contributed by atoms with van der Waals surface area (Å²) in [6, 6.07) is 12.0. The zero-order chi connectivity index (χ0) is 23.8. The Bertz CT molecular complexity index is 1300. The van der Waals surface area contributed by atoms with Crippen molar-refractivity contribution in [3.05, 3.63) is 65.7 Å². The number of aromatic amines is 1. The van der Waals surface area contributed by atoms with Crippen molar-refractivity contribution in [2.24, 2.45) is 0 Å². The molecule has 0 aromatic carbocycles. The molecule has 35 heavy (non-hydrogen) atoms. The highest BCUT2D eigenvalue weighted by Crippen LogP contribution is 2.37. The molecule has 0 spiro atoms. The van der Waals surface area contributed by atoms with E-state index in [9.17, 15) is 0 Å². The van der Waals surface area contributed by atoms with Crippen LogP contribution < -0.4 is 10.6 Å². The summed E-state index contributed by atoms with van der Waals surface area (Å²) in [6.45, 7) is 5.08. The van der Waals surface area contributed by atoms with Crippen LogP contribution >= 0.6 is 0 Å². The van der Waals surface area contributed by atoms with Gasteiger partial charge in [0.05, 0.1) is 5.52 Å². The zero-order valence-corrected chi connectivity index (χ0v) is 20.3. The SMILES string of the molecule is Cc1cnc2cc(Nc3cc(C)[nH]n3)nc(NC3C[C@H]4CCC[C@@H](C3)N4Cc3ccncc3)c2c1. The number of hydrogen-bond acceptors (Lipinski definition) is 7. The van der Waals surface area contributed by atoms with Crippen LogP contribution in [0.3, 0.4) is 0 Å². The Hall–Kier alpha value is -3.52. The molecule has 1 unspecified atom stereocenters. The first kappa shape index (κ1) is 22.0. The lowest BCUT2D eigenvalue weighted by Crippen LogP contribution is -2.54. The maximum atomic E-state index is 4.98. The number of hydrogen-bond donors (Lipinski definition) is 3. The second-order valence-electron chi connectivity index (χ2n) is 10.1. The lowest BCUT2D eigenvalue weighted by molar-refractivity contribution is 0.0277. The molecule has 8 heteroatoms. The molecular weight excluding hydrogens is 436 g/mol. The van der Waals surface area contributed by atoms with Crippen molar-refractivity contribution in [3.63, 3.8) is 0 Å². The minimum atomic E-state index is 0.387. The van der Waals surface area contributed by atoms with Crippen molar-refractivity contribution < 1.29 is 0 Å². The molecule has 2 aliphatic rings. The van der Waals surface area contributed by atoms with Gasteiger partial charge in [0.25, 0.3) is 0 Å². The number of aromatic nitrogens is 5. The molecule has 3 atom stereocenters. The molecule has 0 aliphatic carbocycles. The molecule has 6 rings (SSSR count). The Morgan fingerprint density at radius 1 is 1.03 bits per heavy atom. The standard InChI is InChI=1S/C27H32N8/c1-17-10-23-24(29-15-17)14-25(31-26-11-18(2)33-34-26)32-27(23)30-20-12-21-4-3-5-22(13-20)35(21)16-19-6-8-28-9-7-19/h6-11,14-15,20-22H,3-5,12-13,16H2,1-2H3,(H3,30,31,32,33,34)/t20?,21-,22+. The number of pyridine rings is 3. The van der Waals surface area contributed by atoms with Gasteiger partial charge >= 0.3 is 0 Å². The van der Waals surface area contributed by atoms with E-state index in [0.29, 0.717) is 18.1 Å². The van der Waals surface area contributed by atoms with E-state index in [1.807, 2.05) is 37.6 Å². The predicted molar refractivity (Wildman–Crippen MR) is 139 cm³/mol. The average molecular weight is 469 g/mol. The molecule has 2 saturated heterocycles. The van der Waals surface area contributed by atoms with Crippen molar-refractivity contribution in [2.75, 3.05) is 10.6 Å². The summed E-state index contributed by atoms with van der Waals surface area (Å²) in [5.41, 5.74) is 4.42. The number of nitrogens with one attached hydrogen (secondary N) is 3. The van der Waals surface area contributed by atoms with Gasteiger partial charge < -0.3 is 10.6 Å². The van der Waals surface area contributed by atoms with Gasteiger partial charge in [0.1, 0.15) is 11.6 Å². The van der Waals surface area contributed by atoms with E-state index in [2.05, 4.69) is 55.8 Å². The van der Waals surface area contributed by atoms with E-state index in [1.54, 1.807) is 0 Å². The normalized spacial score (nSPS) is 22.3. The maximum absolute atomic E-state index is 4.98. The van der Waals surface area contributed by atoms with Gasteiger partial charge in [0.2, 0.25) is 0 Å². The number of anilines is 3. The van der Waals surface area contributed by atoms with Crippen LogP contribution in [0.5, 0.6) is 0 Å². The molecular formula is C27H32N8. The number of rotatable bonds is 6. The van der Waals surface area contributed by atoms with Crippen molar-refractivity contribution in [3.8, 4) is 0 Å². The van der Waals surface area contributed by atoms with Crippen LogP contribution in [0.2, 0.25) is 0 Å². The predicted octanol–water partition coefficient (Wildman–Crippen LogP) is 5.11. The monoisotopic (exact) mass is 468 g/mol. The number of piperidine rings is 2. The lowest BCUT2D eigenvalue weighted by Gasteiger charge is -2.49. The third kappa shape index (κ3) is 4.71. The summed E-state index contributed by atoms with van der Waals surface area (Å²) in [4.78, 5) is 16.6. The van der Waals surface area contributed by atoms with Gasteiger partial charge in [-0.2, -0.15) is 5.10 Å². The third-order valence-corrected chi connectivity index (χ3v) is 7.36. The van der Waals surface area contributed by atoms with Crippen LogP contribution in [0, 0.1) is 13.8 Å². The van der Waals surface area contributed by atoms with Gasteiger partial charge in [-0.25, -0.2) is 4.98 Å². The summed E-state index contributed by atoms with van der Waals surface area (Å²) in [7, 11) is 0. The highest BCUT2D eigenvalue weighted by molar-refractivity contribution is 5.92. The molecule has 6 heterocycles. The molecule has 2 aliphatic heterocycles. The summed E-state index contributed by atoms with van der Waals surface area (Å²) in [5.74, 6) is 2.41. The molecule has 0 saturated carbocycles. The number of aryl methyl sites for hydroxylation is 2. The van der Waals surface area contributed by atoms with Gasteiger partial charge in [-0.1, -0.05) is 6.42 Å². The average Bonchev–Trinajstić information content (AvgIpc) is 3.25. The Morgan fingerprint density at radius 2 is 1.83 bits per heavy atom. The number of H-pyrrole nitrogens is 1. The van der Waals surface area contributed by atoms with Crippen LogP contribution in [-0.2, 0) is 6.54 Å². The van der Waals surface area contributed by atoms with Gasteiger partial charge in [-0.3, -0.25) is 20.0 Å². The van der Waals surface area contributed by atoms with Crippen LogP contribution in [0.15, 0.2) is 48.9 Å². The molecule has 4 aromatic rings. The highest BCUT2D eigenvalue weighted by atomic mass is 15.2. The minimum absolute atomic E-state index is 0.387. The first-order valence-corrected chi connectivity index (χ1v) is 12.6. The van der Waals surface area contributed by atoms with E-state index >= 15 is 0 Å². The fourth-order valence-electron chi connectivity index (χ4n) is 5.76. The Balaban J connectivity index is 1.25. The summed E-state index contributed by atoms with van der Waals surface area (Å²) in [6.07, 6.45) is 11.8. The zero-order valence-electron chi connectivity index (χ0n) is 20.3. The third-order valence-electron chi connectivity index (χ3n) is 7.36. The fraction of sp³-hybridized carbons (Fsp3) is 0.407. The largest absolute Gasteiger partial charge is 0.367 e. The van der Waals surface area contributed by atoms with E-state index in [0.717, 1.165) is 59.0 Å². The van der Waals surface area contributed by atoms with Crippen molar-refractivity contribution in [1.29, 1.82) is 0 Å². The van der Waals surface area contributed by atoms with E-state index in [-0.39, 0.29) is 0 Å². The van der Waals surface area contributed by atoms with Crippen LogP contribution in [0.25, 0.3) is 10.9 Å². The van der Waals surface area contributed by atoms with Crippen LogP contribution in [-0.4, -0.2) is 48.2 Å². The van der Waals surface area contributed by atoms with E-state index in [1.165, 1.54) is 24.8 Å². The quantitative estimate of drug-likeness (QED) is 0.362. The molecule has 0 radical (unpaired) electrons. The van der Waals surface area contributed by atoms with Crippen molar-refractivity contribution in [2.45, 2.75) is 70.6 Å². The maximum Gasteiger partial charge on any atom is 0.153 e. The first-order chi connectivity index (χ1) is 17.1. The van der Waals surface area contributed by atoms with Crippen LogP contribution in [0.4, 0.5) is 17.5 Å². The Kier molecular flexibility index (Phi) is 5.82. The highest BCUT2D eigenvalue weighted by Gasteiger charge is 2.38. The minimum Gasteiger partial charge on any atom is -0.367 e. The summed E-state index contributed by atoms with van der Waals surface area (Å²) in [5, 5.41) is 15.5. The van der Waals surface area contributed by atoms with Gasteiger partial charge in [0, 0.05) is 66.5 Å². The summed E-state index contributed by atoms with van der Waals surface area (Å²) >= 11 is 0. The van der Waals surface area contributed by atoms with E-state index in [4.69, 9.17) is 9.97 Å². The van der Waals surface area contributed by atoms with Crippen molar-refractivity contribution in [1.82, 2.24) is 30.0 Å². The second kappa shape index (κ2) is 9.26. The van der Waals surface area contributed by atoms with Crippen molar-refractivity contribution >= 4 is 28.4 Å². The molecule has 180 valence electrons. The number of fused-ring (bicyclic) bond motifs is 3. The fourth-order valence-corrected chi connectivity index (χ4v) is 5.76. The lowest BCUT2D eigenvalue weighted by atomic mass is 9.81. The second-order valence-corrected chi connectivity index (χ2v) is 10.1. The molecule has 0 amide bonds. The topological polar surface area (TPSA) is 94.7 Å². The van der Waals surface area contributed by atoms with Gasteiger partial charge in [-0.05, 0) is 68.9 Å². The Labute approximate surface area is 205 Å². The Morgan fingerprint density at radius 3 is 2.57 bits per heavy atom. The van der Waals surface area contributed by atoms with Gasteiger partial charge in [-0.15, -0.1) is 0 Å². The van der Waals surface area contributed by atoms with Gasteiger partial charge in [0.15, 0.2) is 5.82 Å². The molecule has 3 N–H and O–H groups in total. The first-order valence-electron chi connectivity index (χ1n) is 12.6.